The van der Waals surface area contributed by atoms with Crippen molar-refractivity contribution in [1.82, 2.24) is 10.2 Å². The molecule has 13 heteroatoms. The number of carbonyl (C=O) groups is 2. The highest BCUT2D eigenvalue weighted by Crippen LogP contribution is 2.39. The maximum Gasteiger partial charge on any atom is 0.430 e. The summed E-state index contributed by atoms with van der Waals surface area (Å²) in [6.45, 7) is -3.28. The van der Waals surface area contributed by atoms with Crippen molar-refractivity contribution in [2.24, 2.45) is 5.92 Å². The van der Waals surface area contributed by atoms with E-state index in [9.17, 15) is 37.9 Å². The van der Waals surface area contributed by atoms with Gasteiger partial charge in [0.2, 0.25) is 5.91 Å². The van der Waals surface area contributed by atoms with Gasteiger partial charge in [-0.2, -0.15) is 13.2 Å². The van der Waals surface area contributed by atoms with Gasteiger partial charge in [0.1, 0.15) is 17.4 Å². The number of fused-ring (bicyclic) bond motifs is 1. The first-order valence-corrected chi connectivity index (χ1v) is 9.88. The third-order valence-electron chi connectivity index (χ3n) is 5.86. The number of hydrogen-bond donors (Lipinski definition) is 4. The molecule has 3 aliphatic heterocycles. The summed E-state index contributed by atoms with van der Waals surface area (Å²) in [5.41, 5.74) is 0.157. The summed E-state index contributed by atoms with van der Waals surface area (Å²) in [6, 6.07) is 2.10. The Morgan fingerprint density at radius 1 is 1.26 bits per heavy atom. The molecular formula is C18H21BF3N2O7-. The van der Waals surface area contributed by atoms with E-state index in [4.69, 9.17) is 9.39 Å². The zero-order valence-electron chi connectivity index (χ0n) is 16.3. The number of nitrogens with one attached hydrogen (secondary N) is 1. The molecule has 2 saturated heterocycles. The van der Waals surface area contributed by atoms with Crippen LogP contribution in [0.1, 0.15) is 22.3 Å². The fourth-order valence-electron chi connectivity index (χ4n) is 4.10. The lowest BCUT2D eigenvalue weighted by Crippen LogP contribution is -2.59. The van der Waals surface area contributed by atoms with Gasteiger partial charge < -0.3 is 34.8 Å². The molecule has 1 aromatic carbocycles. The lowest BCUT2D eigenvalue weighted by molar-refractivity contribution is -0.169. The summed E-state index contributed by atoms with van der Waals surface area (Å²) in [4.78, 5) is 25.5. The average Bonchev–Trinajstić information content (AvgIpc) is 3.13. The van der Waals surface area contributed by atoms with Crippen molar-refractivity contribution in [3.8, 4) is 11.5 Å². The monoisotopic (exact) mass is 445 g/mol. The van der Waals surface area contributed by atoms with Gasteiger partial charge in [0.05, 0.1) is 30.8 Å². The SMILES string of the molecule is O=C(O)c1c(OC2CN(C(=O)[C@H]3C[C@@H](C(F)(F)F)CN3)C2)ccc2c1O[B-](O)(O)CC2. The minimum atomic E-state index is -4.35. The van der Waals surface area contributed by atoms with Gasteiger partial charge in [-0.05, 0) is 24.5 Å². The van der Waals surface area contributed by atoms with Crippen molar-refractivity contribution in [3.05, 3.63) is 23.3 Å². The van der Waals surface area contributed by atoms with Crippen molar-refractivity contribution < 1.29 is 47.3 Å². The van der Waals surface area contributed by atoms with Crippen LogP contribution < -0.4 is 14.7 Å². The topological polar surface area (TPSA) is 129 Å². The smallest absolute Gasteiger partial charge is 0.430 e. The largest absolute Gasteiger partial charge is 0.669 e. The summed E-state index contributed by atoms with van der Waals surface area (Å²) >= 11 is 0. The highest BCUT2D eigenvalue weighted by Gasteiger charge is 2.47. The van der Waals surface area contributed by atoms with E-state index in [1.165, 1.54) is 11.0 Å². The number of hydrogen-bond acceptors (Lipinski definition) is 7. The molecule has 9 nitrogen and oxygen atoms in total. The lowest BCUT2D eigenvalue weighted by atomic mass is 9.70. The molecule has 31 heavy (non-hydrogen) atoms. The molecule has 1 amide bonds. The molecule has 3 heterocycles. The minimum absolute atomic E-state index is 0.0482. The van der Waals surface area contributed by atoms with Crippen molar-refractivity contribution >= 4 is 18.6 Å². The van der Waals surface area contributed by atoms with Crippen LogP contribution >= 0.6 is 0 Å². The van der Waals surface area contributed by atoms with Gasteiger partial charge in [-0.15, -0.1) is 0 Å². The predicted molar refractivity (Wildman–Crippen MR) is 99.7 cm³/mol. The Bertz CT molecular complexity index is 905. The van der Waals surface area contributed by atoms with Crippen molar-refractivity contribution in [2.75, 3.05) is 19.6 Å². The van der Waals surface area contributed by atoms with Crippen LogP contribution in [0.15, 0.2) is 12.1 Å². The van der Waals surface area contributed by atoms with Crippen molar-refractivity contribution in [2.45, 2.75) is 37.5 Å². The molecule has 0 aliphatic carbocycles. The molecule has 0 spiro atoms. The predicted octanol–water partition coefficient (Wildman–Crippen LogP) is 0.373. The summed E-state index contributed by atoms with van der Waals surface area (Å²) in [7, 11) is 0. The number of rotatable bonds is 4. The molecule has 0 bridgehead atoms. The Morgan fingerprint density at radius 3 is 2.58 bits per heavy atom. The zero-order chi connectivity index (χ0) is 22.6. The van der Waals surface area contributed by atoms with Gasteiger partial charge in [-0.1, -0.05) is 12.4 Å². The number of amides is 1. The van der Waals surface area contributed by atoms with Crippen molar-refractivity contribution in [1.29, 1.82) is 0 Å². The number of nitrogens with zero attached hydrogens (tertiary/aromatic N) is 1. The van der Waals surface area contributed by atoms with Crippen LogP contribution in [0.5, 0.6) is 11.5 Å². The van der Waals surface area contributed by atoms with Crippen LogP contribution in [0.25, 0.3) is 0 Å². The van der Waals surface area contributed by atoms with E-state index in [-0.39, 0.29) is 55.9 Å². The normalized spacial score (nSPS) is 25.4. The number of halogens is 3. The second-order valence-electron chi connectivity index (χ2n) is 8.16. The first kappa shape index (κ1) is 21.7. The van der Waals surface area contributed by atoms with Crippen LogP contribution in [0.2, 0.25) is 6.32 Å². The van der Waals surface area contributed by atoms with Crippen LogP contribution in [0.3, 0.4) is 0 Å². The Hall–Kier alpha value is -2.51. The van der Waals surface area contributed by atoms with Gasteiger partial charge >= 0.3 is 18.9 Å². The lowest BCUT2D eigenvalue weighted by Gasteiger charge is -2.41. The third kappa shape index (κ3) is 4.30. The van der Waals surface area contributed by atoms with Gasteiger partial charge in [0.15, 0.2) is 0 Å². The molecule has 0 saturated carbocycles. The van der Waals surface area contributed by atoms with Crippen LogP contribution in [0.4, 0.5) is 13.2 Å². The van der Waals surface area contributed by atoms with Gasteiger partial charge in [0.25, 0.3) is 0 Å². The highest BCUT2D eigenvalue weighted by atomic mass is 19.4. The van der Waals surface area contributed by atoms with Gasteiger partial charge in [-0.25, -0.2) is 4.79 Å². The van der Waals surface area contributed by atoms with E-state index in [2.05, 4.69) is 5.32 Å². The Kier molecular flexibility index (Phi) is 5.30. The van der Waals surface area contributed by atoms with Gasteiger partial charge in [0, 0.05) is 6.54 Å². The number of benzene rings is 1. The first-order chi connectivity index (χ1) is 14.4. The standard InChI is InChI=1S/C18H21BF3N2O7/c20-18(21,22)10-5-12(23-6-10)16(25)24-7-11(8-24)30-13-2-1-9-3-4-19(28,29)31-15(9)14(13)17(26)27/h1-2,10-12,23,28-29H,3-8H2,(H,26,27)/q-1/t10-,12-/m1/s1. The minimum Gasteiger partial charge on any atom is -0.669 e. The molecule has 0 unspecified atom stereocenters. The number of carbonyl (C=O) groups excluding carboxylic acids is 1. The van der Waals surface area contributed by atoms with E-state index in [1.807, 2.05) is 0 Å². The Balaban J connectivity index is 1.40. The van der Waals surface area contributed by atoms with E-state index in [0.717, 1.165) is 0 Å². The van der Waals surface area contributed by atoms with Crippen LogP contribution in [0, 0.1) is 5.92 Å². The van der Waals surface area contributed by atoms with Gasteiger partial charge in [-0.3, -0.25) is 4.79 Å². The van der Waals surface area contributed by atoms with Crippen LogP contribution in [-0.2, 0) is 11.2 Å². The van der Waals surface area contributed by atoms with E-state index >= 15 is 0 Å². The zero-order valence-corrected chi connectivity index (χ0v) is 16.3. The maximum absolute atomic E-state index is 12.8. The fourth-order valence-corrected chi connectivity index (χ4v) is 4.10. The summed E-state index contributed by atoms with van der Waals surface area (Å²) in [5, 5.41) is 31.7. The molecule has 0 radical (unpaired) electrons. The number of aromatic carboxylic acids is 1. The summed E-state index contributed by atoms with van der Waals surface area (Å²) in [5.74, 6) is -3.60. The Morgan fingerprint density at radius 2 is 1.97 bits per heavy atom. The van der Waals surface area contributed by atoms with Crippen molar-refractivity contribution in [3.63, 3.8) is 0 Å². The molecule has 4 N–H and O–H groups in total. The fraction of sp³-hybridized carbons (Fsp3) is 0.556. The molecule has 0 aromatic heterocycles. The highest BCUT2D eigenvalue weighted by molar-refractivity contribution is 6.59. The average molecular weight is 445 g/mol. The molecule has 4 rings (SSSR count). The Labute approximate surface area is 174 Å². The molecule has 1 aromatic rings. The number of alkyl halides is 3. The number of carboxylic acid groups (broad SMARTS) is 1. The molecule has 2 atom stereocenters. The van der Waals surface area contributed by atoms with E-state index in [1.54, 1.807) is 6.07 Å². The van der Waals surface area contributed by atoms with E-state index in [0.29, 0.717) is 5.56 Å². The second-order valence-corrected chi connectivity index (χ2v) is 8.16. The quantitative estimate of drug-likeness (QED) is 0.490. The molecule has 170 valence electrons. The first-order valence-electron chi connectivity index (χ1n) is 9.88. The molecular weight excluding hydrogens is 424 g/mol. The molecule has 2 fully saturated rings. The molecule has 3 aliphatic rings. The second kappa shape index (κ2) is 7.57. The third-order valence-corrected chi connectivity index (χ3v) is 5.86. The van der Waals surface area contributed by atoms with E-state index < -0.39 is 42.9 Å². The van der Waals surface area contributed by atoms with Crippen LogP contribution in [-0.4, -0.2) is 76.6 Å². The number of carboxylic acids is 1. The summed E-state index contributed by atoms with van der Waals surface area (Å²) in [6.07, 6.45) is -5.06. The number of likely N-dealkylation sites (tertiary alicyclic amines) is 1. The number of ether oxygens (including phenoxy) is 1. The maximum atomic E-state index is 12.8. The summed E-state index contributed by atoms with van der Waals surface area (Å²) < 4.78 is 49.2. The number of aryl methyl sites for hydroxylation is 1.